The number of fused-ring (bicyclic) bond motifs is 1. The van der Waals surface area contributed by atoms with Gasteiger partial charge in [0.1, 0.15) is 0 Å². The van der Waals surface area contributed by atoms with Gasteiger partial charge in [-0.15, -0.1) is 11.3 Å². The highest BCUT2D eigenvalue weighted by molar-refractivity contribution is 7.16. The van der Waals surface area contributed by atoms with Crippen LogP contribution in [-0.2, 0) is 11.3 Å². The quantitative estimate of drug-likeness (QED) is 0.596. The Labute approximate surface area is 162 Å². The molecule has 1 aliphatic heterocycles. The normalized spacial score (nSPS) is 16.8. The van der Waals surface area contributed by atoms with Crippen LogP contribution in [0.3, 0.4) is 0 Å². The average Bonchev–Trinajstić information content (AvgIpc) is 3.04. The third-order valence-electron chi connectivity index (χ3n) is 4.56. The van der Waals surface area contributed by atoms with Crippen LogP contribution in [-0.4, -0.2) is 30.6 Å². The van der Waals surface area contributed by atoms with Crippen molar-refractivity contribution in [2.75, 3.05) is 13.6 Å². The van der Waals surface area contributed by atoms with E-state index in [1.807, 2.05) is 36.2 Å². The Morgan fingerprint density at radius 1 is 1.42 bits per heavy atom. The van der Waals surface area contributed by atoms with Crippen LogP contribution in [0.1, 0.15) is 27.5 Å². The smallest absolute Gasteiger partial charge is 0.246 e. The van der Waals surface area contributed by atoms with Gasteiger partial charge in [0, 0.05) is 41.9 Å². The number of amides is 1. The first-order valence-electron chi connectivity index (χ1n) is 8.26. The highest BCUT2D eigenvalue weighted by atomic mass is 35.5. The van der Waals surface area contributed by atoms with Gasteiger partial charge < -0.3 is 15.6 Å². The van der Waals surface area contributed by atoms with Gasteiger partial charge in [0.15, 0.2) is 0 Å². The molecule has 1 atom stereocenters. The summed E-state index contributed by atoms with van der Waals surface area (Å²) in [4.78, 5) is 15.2. The molecule has 1 aliphatic rings. The van der Waals surface area contributed by atoms with Crippen LogP contribution in [0.15, 0.2) is 49.1 Å². The van der Waals surface area contributed by atoms with Crippen molar-refractivity contribution in [1.82, 2.24) is 10.2 Å². The van der Waals surface area contributed by atoms with Crippen molar-refractivity contribution in [3.8, 4) is 0 Å². The van der Waals surface area contributed by atoms with E-state index >= 15 is 0 Å². The van der Waals surface area contributed by atoms with E-state index < -0.39 is 0 Å². The van der Waals surface area contributed by atoms with E-state index in [4.69, 9.17) is 17.0 Å². The van der Waals surface area contributed by atoms with Crippen molar-refractivity contribution in [3.05, 3.63) is 75.0 Å². The van der Waals surface area contributed by atoms with E-state index in [0.29, 0.717) is 13.1 Å². The Bertz CT molecular complexity index is 887. The van der Waals surface area contributed by atoms with E-state index in [0.717, 1.165) is 26.0 Å². The van der Waals surface area contributed by atoms with Gasteiger partial charge in [-0.3, -0.25) is 4.79 Å². The number of hydrogen-bond donors (Lipinski definition) is 2. The molecule has 2 aromatic rings. The summed E-state index contributed by atoms with van der Waals surface area (Å²) in [5.41, 5.74) is 4.16. The molecule has 0 saturated heterocycles. The number of allylic oxidation sites excluding steroid dienone is 1. The number of benzene rings is 1. The number of nitrogens with zero attached hydrogens (tertiary/aromatic N) is 1. The van der Waals surface area contributed by atoms with Crippen molar-refractivity contribution in [2.24, 2.45) is 0 Å². The topological polar surface area (TPSA) is 56.2 Å². The van der Waals surface area contributed by atoms with Crippen molar-refractivity contribution >= 4 is 40.8 Å². The van der Waals surface area contributed by atoms with Crippen LogP contribution in [0, 0.1) is 5.41 Å². The Balaban J connectivity index is 2.13. The molecule has 6 heteroatoms. The first kappa shape index (κ1) is 18.4. The zero-order valence-corrected chi connectivity index (χ0v) is 16.0. The van der Waals surface area contributed by atoms with E-state index in [2.05, 4.69) is 18.0 Å². The second-order valence-corrected chi connectivity index (χ2v) is 7.76. The molecule has 3 rings (SSSR count). The molecule has 0 spiro atoms. The molecule has 0 saturated carbocycles. The van der Waals surface area contributed by atoms with Gasteiger partial charge in [0.25, 0.3) is 0 Å². The minimum atomic E-state index is -0.0773. The van der Waals surface area contributed by atoms with E-state index in [9.17, 15) is 4.79 Å². The van der Waals surface area contributed by atoms with Crippen LogP contribution in [0.4, 0.5) is 0 Å². The molecule has 0 radical (unpaired) electrons. The summed E-state index contributed by atoms with van der Waals surface area (Å²) in [7, 11) is 1.84. The summed E-state index contributed by atoms with van der Waals surface area (Å²) in [6.45, 7) is 4.75. The Hall–Kier alpha value is -2.37. The van der Waals surface area contributed by atoms with Crippen molar-refractivity contribution in [2.45, 2.75) is 12.5 Å². The Kier molecular flexibility index (Phi) is 5.59. The summed E-state index contributed by atoms with van der Waals surface area (Å²) in [6.07, 6.45) is 4.36. The third-order valence-corrected chi connectivity index (χ3v) is 5.82. The monoisotopic (exact) mass is 385 g/mol. The van der Waals surface area contributed by atoms with Gasteiger partial charge in [0.05, 0.1) is 10.9 Å². The lowest BCUT2D eigenvalue weighted by Crippen LogP contribution is -2.37. The molecule has 0 fully saturated rings. The number of rotatable bonds is 5. The Morgan fingerprint density at radius 3 is 2.88 bits per heavy atom. The number of hydrogen-bond acceptors (Lipinski definition) is 4. The lowest BCUT2D eigenvalue weighted by atomic mass is 9.85. The molecule has 4 nitrogen and oxygen atoms in total. The predicted octanol–water partition coefficient (Wildman–Crippen LogP) is 4.27. The molecular weight excluding hydrogens is 366 g/mol. The molecule has 26 heavy (non-hydrogen) atoms. The number of thiophene rings is 1. The van der Waals surface area contributed by atoms with E-state index in [1.54, 1.807) is 6.08 Å². The van der Waals surface area contributed by atoms with Crippen molar-refractivity contribution < 1.29 is 4.79 Å². The predicted molar refractivity (Wildman–Crippen MR) is 109 cm³/mol. The van der Waals surface area contributed by atoms with Crippen molar-refractivity contribution in [1.29, 1.82) is 5.41 Å². The van der Waals surface area contributed by atoms with Crippen LogP contribution < -0.4 is 5.32 Å². The molecule has 1 aromatic carbocycles. The maximum atomic E-state index is 12.3. The molecule has 0 unspecified atom stereocenters. The van der Waals surface area contributed by atoms with Gasteiger partial charge in [-0.1, -0.05) is 42.4 Å². The number of carbonyl (C=O) groups is 1. The van der Waals surface area contributed by atoms with Crippen molar-refractivity contribution in [3.63, 3.8) is 0 Å². The summed E-state index contributed by atoms with van der Waals surface area (Å²) in [5.74, 6) is -0.0587. The Morgan fingerprint density at radius 2 is 2.19 bits per heavy atom. The van der Waals surface area contributed by atoms with E-state index in [-0.39, 0.29) is 11.8 Å². The summed E-state index contributed by atoms with van der Waals surface area (Å²) >= 11 is 7.81. The maximum absolute atomic E-state index is 12.3. The van der Waals surface area contributed by atoms with Gasteiger partial charge in [0.2, 0.25) is 5.91 Å². The molecule has 0 aliphatic carbocycles. The fraction of sp³-hybridized carbons (Fsp3) is 0.200. The zero-order chi connectivity index (χ0) is 18.7. The van der Waals surface area contributed by atoms with Crippen LogP contribution >= 0.6 is 22.9 Å². The minimum absolute atomic E-state index is 0.0186. The lowest BCUT2D eigenvalue weighted by molar-refractivity contribution is -0.127. The van der Waals surface area contributed by atoms with Crippen LogP contribution in [0.25, 0.3) is 5.70 Å². The summed E-state index contributed by atoms with van der Waals surface area (Å²) in [5, 5.41) is 10.6. The zero-order valence-electron chi connectivity index (χ0n) is 14.5. The molecule has 2 N–H and O–H groups in total. The fourth-order valence-electron chi connectivity index (χ4n) is 3.38. The minimum Gasteiger partial charge on any atom is -0.388 e. The first-order chi connectivity index (χ1) is 12.6. The highest BCUT2D eigenvalue weighted by Crippen LogP contribution is 2.41. The lowest BCUT2D eigenvalue weighted by Gasteiger charge is -2.33. The standard InChI is InChI=1S/C20H20ClN3OS/c1-3-20(25)24-11-16(15-10-19(21)26-18(15)12-24)13-6-4-5-7-14(13)17(23-2)8-9-22/h3-10,16,22-23H,1,11-12H2,2H3/b17-8-,22-9?/t16-/m0/s1. The van der Waals surface area contributed by atoms with Gasteiger partial charge in [-0.05, 0) is 29.3 Å². The summed E-state index contributed by atoms with van der Waals surface area (Å²) in [6, 6.07) is 10.1. The molecule has 134 valence electrons. The third kappa shape index (κ3) is 3.45. The second kappa shape index (κ2) is 7.89. The molecule has 0 bridgehead atoms. The van der Waals surface area contributed by atoms with E-state index in [1.165, 1.54) is 29.2 Å². The van der Waals surface area contributed by atoms with Crippen LogP contribution in [0.5, 0.6) is 0 Å². The number of carbonyl (C=O) groups excluding carboxylic acids is 1. The summed E-state index contributed by atoms with van der Waals surface area (Å²) < 4.78 is 0.731. The highest BCUT2D eigenvalue weighted by Gasteiger charge is 2.31. The molecule has 1 aromatic heterocycles. The fourth-order valence-corrected chi connectivity index (χ4v) is 4.74. The second-order valence-electron chi connectivity index (χ2n) is 5.99. The first-order valence-corrected chi connectivity index (χ1v) is 9.45. The molecule has 2 heterocycles. The molecular formula is C20H20ClN3OS. The van der Waals surface area contributed by atoms with Crippen LogP contribution in [0.2, 0.25) is 4.34 Å². The van der Waals surface area contributed by atoms with Gasteiger partial charge >= 0.3 is 0 Å². The maximum Gasteiger partial charge on any atom is 0.246 e. The SMILES string of the molecule is C=CC(=O)N1Cc2sc(Cl)cc2[C@H](c2ccccc2/C(=C/C=N)NC)C1. The average molecular weight is 386 g/mol. The molecule has 1 amide bonds. The van der Waals surface area contributed by atoms with Gasteiger partial charge in [-0.2, -0.15) is 0 Å². The number of nitrogens with one attached hydrogen (secondary N) is 2. The largest absolute Gasteiger partial charge is 0.388 e. The number of halogens is 1. The van der Waals surface area contributed by atoms with Gasteiger partial charge in [-0.25, -0.2) is 0 Å².